The topological polar surface area (TPSA) is 63.4 Å². The van der Waals surface area contributed by atoms with Crippen LogP contribution < -0.4 is 5.73 Å². The first-order chi connectivity index (χ1) is 6.96. The maximum atomic E-state index is 11.5. The summed E-state index contributed by atoms with van der Waals surface area (Å²) in [4.78, 5) is 2.14. The Bertz CT molecular complexity index is 303. The van der Waals surface area contributed by atoms with Gasteiger partial charge in [-0.15, -0.1) is 0 Å². The van der Waals surface area contributed by atoms with Gasteiger partial charge in [0.25, 0.3) is 0 Å². The quantitative estimate of drug-likeness (QED) is 0.740. The third kappa shape index (κ3) is 2.92. The molecule has 1 rings (SSSR count). The summed E-state index contributed by atoms with van der Waals surface area (Å²) in [6.07, 6.45) is 2.90. The average molecular weight is 234 g/mol. The highest BCUT2D eigenvalue weighted by Crippen LogP contribution is 2.28. The van der Waals surface area contributed by atoms with E-state index in [4.69, 9.17) is 5.73 Å². The van der Waals surface area contributed by atoms with E-state index in [0.29, 0.717) is 18.7 Å². The number of nitrogens with two attached hydrogens (primary N) is 1. The lowest BCUT2D eigenvalue weighted by Gasteiger charge is -2.36. The molecule has 0 spiro atoms. The maximum absolute atomic E-state index is 11.5. The van der Waals surface area contributed by atoms with Gasteiger partial charge in [-0.1, -0.05) is 13.3 Å². The van der Waals surface area contributed by atoms with Crippen molar-refractivity contribution in [2.45, 2.75) is 31.7 Å². The van der Waals surface area contributed by atoms with Crippen LogP contribution in [0.25, 0.3) is 0 Å². The molecule has 0 aromatic carbocycles. The summed E-state index contributed by atoms with van der Waals surface area (Å²) in [5, 5.41) is 0. The van der Waals surface area contributed by atoms with Crippen LogP contribution in [0.3, 0.4) is 0 Å². The molecule has 1 aliphatic heterocycles. The van der Waals surface area contributed by atoms with Gasteiger partial charge in [-0.3, -0.25) is 4.90 Å². The average Bonchev–Trinajstić information content (AvgIpc) is 2.52. The van der Waals surface area contributed by atoms with Gasteiger partial charge in [-0.25, -0.2) is 8.42 Å². The summed E-state index contributed by atoms with van der Waals surface area (Å²) in [6, 6.07) is 0. The fraction of sp³-hybridized carbons (Fsp3) is 1.00. The zero-order chi connectivity index (χ0) is 11.5. The van der Waals surface area contributed by atoms with Crippen LogP contribution in [-0.4, -0.2) is 50.5 Å². The van der Waals surface area contributed by atoms with Crippen LogP contribution in [0.5, 0.6) is 0 Å². The Morgan fingerprint density at radius 1 is 1.47 bits per heavy atom. The minimum absolute atomic E-state index is 0.233. The Morgan fingerprint density at radius 3 is 2.53 bits per heavy atom. The van der Waals surface area contributed by atoms with E-state index in [9.17, 15) is 8.42 Å². The summed E-state index contributed by atoms with van der Waals surface area (Å²) in [7, 11) is -0.868. The Hall–Kier alpha value is -0.130. The molecule has 0 aliphatic carbocycles. The lowest BCUT2D eigenvalue weighted by molar-refractivity contribution is 0.149. The Balaban J connectivity index is 2.70. The highest BCUT2D eigenvalue weighted by atomic mass is 32.2. The predicted octanol–water partition coefficient (Wildman–Crippen LogP) is 0.234. The van der Waals surface area contributed by atoms with E-state index < -0.39 is 9.84 Å². The summed E-state index contributed by atoms with van der Waals surface area (Å²) in [6.45, 7) is 3.50. The van der Waals surface area contributed by atoms with Crippen LogP contribution in [0.15, 0.2) is 0 Å². The minimum Gasteiger partial charge on any atom is -0.329 e. The summed E-state index contributed by atoms with van der Waals surface area (Å²) >= 11 is 0. The van der Waals surface area contributed by atoms with Gasteiger partial charge in [0.05, 0.1) is 11.5 Å². The standard InChI is InChI=1S/C10H22N2O2S/c1-3-4-6-12(2)10(8-11)5-7-15(13,14)9-10/h3-9,11H2,1-2H3. The molecule has 15 heavy (non-hydrogen) atoms. The molecule has 1 saturated heterocycles. The fourth-order valence-electron chi connectivity index (χ4n) is 2.15. The van der Waals surface area contributed by atoms with E-state index in [1.807, 2.05) is 7.05 Å². The number of sulfone groups is 1. The second kappa shape index (κ2) is 4.80. The number of likely N-dealkylation sites (N-methyl/N-ethyl adjacent to an activating group) is 1. The number of rotatable bonds is 5. The highest BCUT2D eigenvalue weighted by molar-refractivity contribution is 7.91. The lowest BCUT2D eigenvalue weighted by Crippen LogP contribution is -2.53. The monoisotopic (exact) mass is 234 g/mol. The molecular formula is C10H22N2O2S. The Labute approximate surface area is 92.7 Å². The van der Waals surface area contributed by atoms with Crippen LogP contribution in [0, 0.1) is 0 Å². The minimum atomic E-state index is -2.86. The molecule has 0 saturated carbocycles. The van der Waals surface area contributed by atoms with Crippen LogP contribution in [0.1, 0.15) is 26.2 Å². The molecule has 0 radical (unpaired) electrons. The summed E-state index contributed by atoms with van der Waals surface area (Å²) < 4.78 is 23.0. The van der Waals surface area contributed by atoms with E-state index in [-0.39, 0.29) is 11.3 Å². The van der Waals surface area contributed by atoms with Crippen LogP contribution in [0.2, 0.25) is 0 Å². The van der Waals surface area contributed by atoms with E-state index in [2.05, 4.69) is 11.8 Å². The first-order valence-electron chi connectivity index (χ1n) is 5.57. The number of nitrogens with zero attached hydrogens (tertiary/aromatic N) is 1. The van der Waals surface area contributed by atoms with Gasteiger partial charge in [-0.2, -0.15) is 0 Å². The van der Waals surface area contributed by atoms with Gasteiger partial charge in [0.1, 0.15) is 0 Å². The fourth-order valence-corrected chi connectivity index (χ4v) is 4.29. The molecule has 1 atom stereocenters. The Morgan fingerprint density at radius 2 is 2.13 bits per heavy atom. The predicted molar refractivity (Wildman–Crippen MR) is 62.6 cm³/mol. The molecule has 2 N–H and O–H groups in total. The molecule has 1 heterocycles. The Kier molecular flexibility index (Phi) is 4.14. The van der Waals surface area contributed by atoms with E-state index in [1.54, 1.807) is 0 Å². The maximum Gasteiger partial charge on any atom is 0.152 e. The third-order valence-corrected chi connectivity index (χ3v) is 5.21. The molecule has 0 amide bonds. The smallest absolute Gasteiger partial charge is 0.152 e. The van der Waals surface area contributed by atoms with Gasteiger partial charge >= 0.3 is 0 Å². The number of hydrogen-bond donors (Lipinski definition) is 1. The van der Waals surface area contributed by atoms with Crippen molar-refractivity contribution in [3.8, 4) is 0 Å². The second-order valence-corrected chi connectivity index (χ2v) is 6.73. The number of hydrogen-bond acceptors (Lipinski definition) is 4. The largest absolute Gasteiger partial charge is 0.329 e. The van der Waals surface area contributed by atoms with Crippen LogP contribution in [-0.2, 0) is 9.84 Å². The van der Waals surface area contributed by atoms with Gasteiger partial charge in [0.2, 0.25) is 0 Å². The van der Waals surface area contributed by atoms with E-state index in [0.717, 1.165) is 19.4 Å². The summed E-state index contributed by atoms with van der Waals surface area (Å²) in [5.41, 5.74) is 5.46. The highest BCUT2D eigenvalue weighted by Gasteiger charge is 2.43. The van der Waals surface area contributed by atoms with Crippen molar-refractivity contribution in [3.05, 3.63) is 0 Å². The zero-order valence-corrected chi connectivity index (χ0v) is 10.5. The van der Waals surface area contributed by atoms with Gasteiger partial charge in [0, 0.05) is 12.1 Å². The normalized spacial score (nSPS) is 29.9. The van der Waals surface area contributed by atoms with Crippen molar-refractivity contribution < 1.29 is 8.42 Å². The van der Waals surface area contributed by atoms with E-state index in [1.165, 1.54) is 0 Å². The van der Waals surface area contributed by atoms with Crippen molar-refractivity contribution >= 4 is 9.84 Å². The van der Waals surface area contributed by atoms with Crippen molar-refractivity contribution in [2.24, 2.45) is 5.73 Å². The molecule has 1 unspecified atom stereocenters. The van der Waals surface area contributed by atoms with Crippen molar-refractivity contribution in [2.75, 3.05) is 31.6 Å². The molecule has 4 nitrogen and oxygen atoms in total. The van der Waals surface area contributed by atoms with Gasteiger partial charge in [0.15, 0.2) is 9.84 Å². The van der Waals surface area contributed by atoms with Gasteiger partial charge in [-0.05, 0) is 26.4 Å². The van der Waals surface area contributed by atoms with E-state index >= 15 is 0 Å². The third-order valence-electron chi connectivity index (χ3n) is 3.40. The molecule has 0 aromatic rings. The van der Waals surface area contributed by atoms with Gasteiger partial charge < -0.3 is 5.73 Å². The molecule has 0 bridgehead atoms. The first-order valence-corrected chi connectivity index (χ1v) is 7.40. The molecule has 90 valence electrons. The van der Waals surface area contributed by atoms with Crippen molar-refractivity contribution in [1.29, 1.82) is 0 Å². The first kappa shape index (κ1) is 12.9. The second-order valence-electron chi connectivity index (χ2n) is 4.55. The SMILES string of the molecule is CCCCN(C)C1(CN)CCS(=O)(=O)C1. The lowest BCUT2D eigenvalue weighted by atomic mass is 9.97. The molecule has 1 aliphatic rings. The van der Waals surface area contributed by atoms with Crippen molar-refractivity contribution in [1.82, 2.24) is 4.90 Å². The molecule has 1 fully saturated rings. The summed E-state index contributed by atoms with van der Waals surface area (Å²) in [5.74, 6) is 0.525. The molecule has 5 heteroatoms. The van der Waals surface area contributed by atoms with Crippen LogP contribution in [0.4, 0.5) is 0 Å². The number of unbranched alkanes of at least 4 members (excludes halogenated alkanes) is 1. The van der Waals surface area contributed by atoms with Crippen molar-refractivity contribution in [3.63, 3.8) is 0 Å². The molecule has 0 aromatic heterocycles. The zero-order valence-electron chi connectivity index (χ0n) is 9.70. The molecular weight excluding hydrogens is 212 g/mol. The van der Waals surface area contributed by atoms with Crippen LogP contribution >= 0.6 is 0 Å².